The molecular formula is C11H16N2O2. The van der Waals surface area contributed by atoms with E-state index in [1.807, 2.05) is 13.8 Å². The first kappa shape index (κ1) is 11.5. The summed E-state index contributed by atoms with van der Waals surface area (Å²) in [5, 5.41) is 2.74. The van der Waals surface area contributed by atoms with Gasteiger partial charge in [0.1, 0.15) is 5.69 Å². The van der Waals surface area contributed by atoms with Gasteiger partial charge in [-0.2, -0.15) is 0 Å². The van der Waals surface area contributed by atoms with Gasteiger partial charge in [-0.15, -0.1) is 0 Å². The number of ether oxygens (including phenoxy) is 1. The third-order valence-electron chi connectivity index (χ3n) is 1.71. The average molecular weight is 208 g/mol. The minimum atomic E-state index is -0.0448. The molecule has 15 heavy (non-hydrogen) atoms. The molecule has 4 heteroatoms. The van der Waals surface area contributed by atoms with Crippen LogP contribution in [0.2, 0.25) is 0 Å². The number of carbonyl (C=O) groups excluding carboxylic acids is 1. The number of anilines is 1. The number of nitrogens with zero attached hydrogens (tertiary/aromatic N) is 1. The van der Waals surface area contributed by atoms with Crippen molar-refractivity contribution in [3.05, 3.63) is 18.3 Å². The van der Waals surface area contributed by atoms with Gasteiger partial charge in [0.15, 0.2) is 0 Å². The first-order valence-corrected chi connectivity index (χ1v) is 5.05. The summed E-state index contributed by atoms with van der Waals surface area (Å²) in [6, 6.07) is 3.54. The van der Waals surface area contributed by atoms with E-state index in [-0.39, 0.29) is 12.0 Å². The van der Waals surface area contributed by atoms with Crippen LogP contribution in [-0.2, 0) is 4.79 Å². The van der Waals surface area contributed by atoms with E-state index in [1.165, 1.54) is 0 Å². The zero-order valence-electron chi connectivity index (χ0n) is 9.28. The number of amides is 1. The Morgan fingerprint density at radius 2 is 2.33 bits per heavy atom. The van der Waals surface area contributed by atoms with Crippen molar-refractivity contribution in [2.45, 2.75) is 33.3 Å². The van der Waals surface area contributed by atoms with Crippen molar-refractivity contribution in [1.82, 2.24) is 4.98 Å². The number of rotatable bonds is 4. The summed E-state index contributed by atoms with van der Waals surface area (Å²) < 4.78 is 5.46. The van der Waals surface area contributed by atoms with E-state index < -0.39 is 0 Å². The lowest BCUT2D eigenvalue weighted by molar-refractivity contribution is -0.115. The monoisotopic (exact) mass is 208 g/mol. The van der Waals surface area contributed by atoms with Crippen LogP contribution in [0.1, 0.15) is 27.2 Å². The summed E-state index contributed by atoms with van der Waals surface area (Å²) in [6.45, 7) is 5.63. The van der Waals surface area contributed by atoms with Gasteiger partial charge in [0.05, 0.1) is 6.10 Å². The molecule has 0 aliphatic rings. The number of hydrogen-bond acceptors (Lipinski definition) is 3. The second-order valence-corrected chi connectivity index (χ2v) is 3.42. The van der Waals surface area contributed by atoms with E-state index in [0.717, 1.165) is 0 Å². The second kappa shape index (κ2) is 5.34. The van der Waals surface area contributed by atoms with Gasteiger partial charge in [-0.3, -0.25) is 4.79 Å². The zero-order valence-corrected chi connectivity index (χ0v) is 9.28. The van der Waals surface area contributed by atoms with Crippen molar-refractivity contribution in [2.24, 2.45) is 0 Å². The van der Waals surface area contributed by atoms with Gasteiger partial charge in [-0.05, 0) is 26.0 Å². The molecule has 0 atom stereocenters. The summed E-state index contributed by atoms with van der Waals surface area (Å²) in [5.74, 6) is 0.422. The van der Waals surface area contributed by atoms with Crippen molar-refractivity contribution in [2.75, 3.05) is 5.32 Å². The Kier molecular flexibility index (Phi) is 4.09. The first-order valence-electron chi connectivity index (χ1n) is 5.05. The summed E-state index contributed by atoms with van der Waals surface area (Å²) in [5.41, 5.74) is 0.623. The fraction of sp³-hybridized carbons (Fsp3) is 0.455. The first-order chi connectivity index (χ1) is 7.13. The Labute approximate surface area is 89.7 Å². The highest BCUT2D eigenvalue weighted by atomic mass is 16.5. The molecule has 1 aromatic heterocycles. The molecule has 1 rings (SSSR count). The van der Waals surface area contributed by atoms with Crippen LogP contribution >= 0.6 is 0 Å². The molecule has 0 aromatic carbocycles. The SMILES string of the molecule is CCC(=O)Nc1cccnc1OC(C)C. The Hall–Kier alpha value is -1.58. The van der Waals surface area contributed by atoms with E-state index in [1.54, 1.807) is 25.3 Å². The number of pyridine rings is 1. The van der Waals surface area contributed by atoms with Crippen molar-refractivity contribution in [3.8, 4) is 5.88 Å². The van der Waals surface area contributed by atoms with Crippen LogP contribution in [0.3, 0.4) is 0 Å². The molecule has 0 radical (unpaired) electrons. The molecule has 0 saturated heterocycles. The third-order valence-corrected chi connectivity index (χ3v) is 1.71. The Morgan fingerprint density at radius 1 is 1.60 bits per heavy atom. The molecule has 0 saturated carbocycles. The van der Waals surface area contributed by atoms with Crippen LogP contribution < -0.4 is 10.1 Å². The maximum Gasteiger partial charge on any atom is 0.238 e. The molecule has 0 spiro atoms. The molecule has 0 unspecified atom stereocenters. The van der Waals surface area contributed by atoms with Crippen molar-refractivity contribution in [3.63, 3.8) is 0 Å². The van der Waals surface area contributed by atoms with Crippen molar-refractivity contribution >= 4 is 11.6 Å². The topological polar surface area (TPSA) is 51.2 Å². The van der Waals surface area contributed by atoms with Crippen LogP contribution in [0.25, 0.3) is 0 Å². The van der Waals surface area contributed by atoms with Crippen molar-refractivity contribution in [1.29, 1.82) is 0 Å². The van der Waals surface area contributed by atoms with Gasteiger partial charge < -0.3 is 10.1 Å². The lowest BCUT2D eigenvalue weighted by Gasteiger charge is -2.12. The van der Waals surface area contributed by atoms with Gasteiger partial charge in [0.2, 0.25) is 11.8 Å². The Bertz CT molecular complexity index is 337. The summed E-state index contributed by atoms with van der Waals surface area (Å²) >= 11 is 0. The summed E-state index contributed by atoms with van der Waals surface area (Å²) in [4.78, 5) is 15.3. The minimum absolute atomic E-state index is 0.0391. The maximum atomic E-state index is 11.2. The molecular weight excluding hydrogens is 192 g/mol. The Morgan fingerprint density at radius 3 is 2.93 bits per heavy atom. The Balaban J connectivity index is 2.81. The minimum Gasteiger partial charge on any atom is -0.473 e. The van der Waals surface area contributed by atoms with E-state index in [4.69, 9.17) is 4.74 Å². The second-order valence-electron chi connectivity index (χ2n) is 3.42. The van der Waals surface area contributed by atoms with E-state index in [9.17, 15) is 4.79 Å². The van der Waals surface area contributed by atoms with Gasteiger partial charge in [-0.1, -0.05) is 6.92 Å². The third kappa shape index (κ3) is 3.58. The predicted octanol–water partition coefficient (Wildman–Crippen LogP) is 2.22. The van der Waals surface area contributed by atoms with Gasteiger partial charge >= 0.3 is 0 Å². The molecule has 1 heterocycles. The average Bonchev–Trinajstić information content (AvgIpc) is 2.20. The zero-order chi connectivity index (χ0) is 11.3. The van der Waals surface area contributed by atoms with E-state index >= 15 is 0 Å². The molecule has 4 nitrogen and oxygen atoms in total. The highest BCUT2D eigenvalue weighted by Gasteiger charge is 2.08. The van der Waals surface area contributed by atoms with Gasteiger partial charge in [0, 0.05) is 12.6 Å². The standard InChI is InChI=1S/C11H16N2O2/c1-4-10(14)13-9-6-5-7-12-11(9)15-8(2)3/h5-8H,4H2,1-3H3,(H,13,14). The fourth-order valence-corrected chi connectivity index (χ4v) is 1.04. The molecule has 0 bridgehead atoms. The van der Waals surface area contributed by atoms with Crippen molar-refractivity contribution < 1.29 is 9.53 Å². The van der Waals surface area contributed by atoms with E-state index in [0.29, 0.717) is 18.0 Å². The van der Waals surface area contributed by atoms with Gasteiger partial charge in [-0.25, -0.2) is 4.98 Å². The highest BCUT2D eigenvalue weighted by Crippen LogP contribution is 2.21. The molecule has 0 fully saturated rings. The normalized spacial score (nSPS) is 10.1. The predicted molar refractivity (Wildman–Crippen MR) is 58.9 cm³/mol. The van der Waals surface area contributed by atoms with E-state index in [2.05, 4.69) is 10.3 Å². The van der Waals surface area contributed by atoms with Crippen LogP contribution in [0.5, 0.6) is 5.88 Å². The van der Waals surface area contributed by atoms with Crippen LogP contribution in [0.4, 0.5) is 5.69 Å². The lowest BCUT2D eigenvalue weighted by atomic mass is 10.3. The quantitative estimate of drug-likeness (QED) is 0.825. The molecule has 0 aliphatic carbocycles. The summed E-state index contributed by atoms with van der Waals surface area (Å²) in [7, 11) is 0. The molecule has 82 valence electrons. The van der Waals surface area contributed by atoms with Crippen LogP contribution in [0.15, 0.2) is 18.3 Å². The number of carbonyl (C=O) groups is 1. The molecule has 1 N–H and O–H groups in total. The fourth-order valence-electron chi connectivity index (χ4n) is 1.04. The van der Waals surface area contributed by atoms with Crippen LogP contribution in [-0.4, -0.2) is 17.0 Å². The maximum absolute atomic E-state index is 11.2. The number of aromatic nitrogens is 1. The molecule has 0 aliphatic heterocycles. The van der Waals surface area contributed by atoms with Crippen LogP contribution in [0, 0.1) is 0 Å². The largest absolute Gasteiger partial charge is 0.473 e. The summed E-state index contributed by atoms with van der Waals surface area (Å²) in [6.07, 6.45) is 2.12. The smallest absolute Gasteiger partial charge is 0.238 e. The van der Waals surface area contributed by atoms with Gasteiger partial charge in [0.25, 0.3) is 0 Å². The number of nitrogens with one attached hydrogen (secondary N) is 1. The molecule has 1 amide bonds. The lowest BCUT2D eigenvalue weighted by Crippen LogP contribution is -2.13. The molecule has 1 aromatic rings. The highest BCUT2D eigenvalue weighted by molar-refractivity contribution is 5.91. The number of hydrogen-bond donors (Lipinski definition) is 1.